The molecule has 3 N–H and O–H groups in total. The van der Waals surface area contributed by atoms with Crippen LogP contribution in [0.4, 0.5) is 23.1 Å². The minimum Gasteiger partial charge on any atom is -0.496 e. The molecule has 3 rings (SSSR count). The van der Waals surface area contributed by atoms with Crippen molar-refractivity contribution in [1.29, 1.82) is 0 Å². The van der Waals surface area contributed by atoms with Crippen LogP contribution in [0.25, 0.3) is 0 Å². The molecule has 7 heteroatoms. The summed E-state index contributed by atoms with van der Waals surface area (Å²) in [7, 11) is 1.65. The maximum Gasteiger partial charge on any atom is 0.224 e. The van der Waals surface area contributed by atoms with Gasteiger partial charge in [-0.05, 0) is 36.4 Å². The highest BCUT2D eigenvalue weighted by atomic mass is 16.5. The van der Waals surface area contributed by atoms with Crippen molar-refractivity contribution in [1.82, 2.24) is 9.97 Å². The number of amides is 1. The molecule has 0 saturated carbocycles. The summed E-state index contributed by atoms with van der Waals surface area (Å²) >= 11 is 0. The number of methoxy groups -OCH3 is 1. The molecule has 0 atom stereocenters. The van der Waals surface area contributed by atoms with E-state index in [4.69, 9.17) is 4.74 Å². The van der Waals surface area contributed by atoms with Gasteiger partial charge in [-0.3, -0.25) is 4.79 Å². The summed E-state index contributed by atoms with van der Waals surface area (Å²) in [5.41, 5.74) is 2.63. The fraction of sp³-hybridized carbons (Fsp3) is 0.150. The minimum absolute atomic E-state index is 0.0997. The normalized spacial score (nSPS) is 10.1. The number of hydrogen-bond acceptors (Lipinski definition) is 6. The van der Waals surface area contributed by atoms with Crippen molar-refractivity contribution in [2.75, 3.05) is 23.1 Å². The molecular weight excluding hydrogens is 342 g/mol. The highest BCUT2D eigenvalue weighted by Crippen LogP contribution is 2.20. The molecule has 1 aromatic heterocycles. The smallest absolute Gasteiger partial charge is 0.224 e. The summed E-state index contributed by atoms with van der Waals surface area (Å²) in [6.45, 7) is 2.03. The molecule has 0 unspecified atom stereocenters. The minimum atomic E-state index is -0.0997. The number of nitrogens with one attached hydrogen (secondary N) is 3. The molecule has 0 aliphatic carbocycles. The number of nitrogens with zero attached hydrogens (tertiary/aromatic N) is 2. The summed E-state index contributed by atoms with van der Waals surface area (Å²) in [6.07, 6.45) is 1.69. The molecule has 0 fully saturated rings. The first kappa shape index (κ1) is 18.2. The zero-order valence-electron chi connectivity index (χ0n) is 15.2. The second-order valence-corrected chi connectivity index (χ2v) is 5.81. The summed E-state index contributed by atoms with van der Waals surface area (Å²) in [5, 5.41) is 9.15. The van der Waals surface area contributed by atoms with Crippen molar-refractivity contribution < 1.29 is 9.53 Å². The Bertz CT molecular complexity index is 912. The van der Waals surface area contributed by atoms with Crippen LogP contribution in [0.2, 0.25) is 0 Å². The Kier molecular flexibility index (Phi) is 5.84. The van der Waals surface area contributed by atoms with Crippen molar-refractivity contribution in [3.8, 4) is 5.75 Å². The van der Waals surface area contributed by atoms with Crippen LogP contribution in [0.5, 0.6) is 5.75 Å². The van der Waals surface area contributed by atoms with Crippen LogP contribution in [0.3, 0.4) is 0 Å². The fourth-order valence-corrected chi connectivity index (χ4v) is 2.52. The number of anilines is 4. The van der Waals surface area contributed by atoms with Gasteiger partial charge in [0.15, 0.2) is 0 Å². The molecule has 0 aliphatic rings. The van der Waals surface area contributed by atoms with Crippen molar-refractivity contribution >= 4 is 29.0 Å². The van der Waals surface area contributed by atoms with E-state index in [1.807, 2.05) is 48.5 Å². The Morgan fingerprint density at radius 1 is 1.04 bits per heavy atom. The van der Waals surface area contributed by atoms with Gasteiger partial charge in [-0.15, -0.1) is 0 Å². The van der Waals surface area contributed by atoms with Crippen molar-refractivity contribution in [2.24, 2.45) is 0 Å². The molecule has 27 heavy (non-hydrogen) atoms. The van der Waals surface area contributed by atoms with Crippen LogP contribution < -0.4 is 20.7 Å². The van der Waals surface area contributed by atoms with Crippen molar-refractivity contribution in [3.63, 3.8) is 0 Å². The van der Waals surface area contributed by atoms with Crippen molar-refractivity contribution in [3.05, 3.63) is 66.4 Å². The van der Waals surface area contributed by atoms with Gasteiger partial charge in [0, 0.05) is 36.6 Å². The van der Waals surface area contributed by atoms with E-state index < -0.39 is 0 Å². The van der Waals surface area contributed by atoms with Gasteiger partial charge in [0.2, 0.25) is 11.9 Å². The molecule has 0 aliphatic heterocycles. The van der Waals surface area contributed by atoms with E-state index in [-0.39, 0.29) is 5.91 Å². The molecule has 1 heterocycles. The molecule has 0 saturated heterocycles. The molecule has 1 amide bonds. The number of para-hydroxylation sites is 1. The number of carbonyl (C=O) groups excluding carboxylic acids is 1. The number of hydrogen-bond donors (Lipinski definition) is 3. The maximum absolute atomic E-state index is 11.1. The molecule has 138 valence electrons. The van der Waals surface area contributed by atoms with Gasteiger partial charge in [0.1, 0.15) is 11.6 Å². The van der Waals surface area contributed by atoms with Crippen LogP contribution in [0, 0.1) is 0 Å². The molecule has 2 aromatic carbocycles. The lowest BCUT2D eigenvalue weighted by molar-refractivity contribution is -0.114. The second-order valence-electron chi connectivity index (χ2n) is 5.81. The third-order valence-corrected chi connectivity index (χ3v) is 3.76. The lowest BCUT2D eigenvalue weighted by Gasteiger charge is -2.11. The Morgan fingerprint density at radius 3 is 2.52 bits per heavy atom. The van der Waals surface area contributed by atoms with E-state index in [0.717, 1.165) is 22.7 Å². The number of ether oxygens (including phenoxy) is 1. The number of carbonyl (C=O) groups is 1. The number of rotatable bonds is 7. The second kappa shape index (κ2) is 8.66. The Morgan fingerprint density at radius 2 is 1.78 bits per heavy atom. The third kappa shape index (κ3) is 5.18. The average Bonchev–Trinajstić information content (AvgIpc) is 2.68. The largest absolute Gasteiger partial charge is 0.496 e. The Balaban J connectivity index is 1.64. The summed E-state index contributed by atoms with van der Waals surface area (Å²) in [5.74, 6) is 1.90. The van der Waals surface area contributed by atoms with E-state index in [1.165, 1.54) is 6.92 Å². The van der Waals surface area contributed by atoms with Gasteiger partial charge in [-0.25, -0.2) is 4.98 Å². The van der Waals surface area contributed by atoms with Crippen LogP contribution in [0.1, 0.15) is 12.5 Å². The van der Waals surface area contributed by atoms with Gasteiger partial charge in [-0.1, -0.05) is 18.2 Å². The summed E-state index contributed by atoms with van der Waals surface area (Å²) in [6, 6.07) is 17.0. The van der Waals surface area contributed by atoms with E-state index in [0.29, 0.717) is 18.3 Å². The first-order chi connectivity index (χ1) is 13.1. The lowest BCUT2D eigenvalue weighted by Crippen LogP contribution is -2.06. The topological polar surface area (TPSA) is 88.2 Å². The predicted octanol–water partition coefficient (Wildman–Crippen LogP) is 3.80. The van der Waals surface area contributed by atoms with Crippen LogP contribution in [0.15, 0.2) is 60.8 Å². The third-order valence-electron chi connectivity index (χ3n) is 3.76. The molecule has 7 nitrogen and oxygen atoms in total. The van der Waals surface area contributed by atoms with E-state index in [9.17, 15) is 4.79 Å². The highest BCUT2D eigenvalue weighted by molar-refractivity contribution is 5.88. The first-order valence-corrected chi connectivity index (χ1v) is 8.47. The zero-order valence-corrected chi connectivity index (χ0v) is 15.2. The Labute approximate surface area is 157 Å². The lowest BCUT2D eigenvalue weighted by atomic mass is 10.2. The van der Waals surface area contributed by atoms with Crippen molar-refractivity contribution in [2.45, 2.75) is 13.5 Å². The summed E-state index contributed by atoms with van der Waals surface area (Å²) < 4.78 is 5.35. The quantitative estimate of drug-likeness (QED) is 0.592. The molecule has 0 bridgehead atoms. The Hall–Kier alpha value is -3.61. The van der Waals surface area contributed by atoms with E-state index >= 15 is 0 Å². The predicted molar refractivity (Wildman–Crippen MR) is 106 cm³/mol. The van der Waals surface area contributed by atoms with Gasteiger partial charge < -0.3 is 20.7 Å². The zero-order chi connectivity index (χ0) is 19.1. The van der Waals surface area contributed by atoms with Gasteiger partial charge in [0.05, 0.1) is 7.11 Å². The monoisotopic (exact) mass is 363 g/mol. The van der Waals surface area contributed by atoms with Gasteiger partial charge in [0.25, 0.3) is 0 Å². The standard InChI is InChI=1S/C20H21N5O2/c1-14(26)23-16-7-9-17(10-8-16)24-19-11-12-21-20(25-19)22-13-15-5-3-4-6-18(15)27-2/h3-12H,13H2,1-2H3,(H,23,26)(H2,21,22,24,25). The first-order valence-electron chi connectivity index (χ1n) is 8.47. The van der Waals surface area contributed by atoms with Gasteiger partial charge >= 0.3 is 0 Å². The molecular formula is C20H21N5O2. The van der Waals surface area contributed by atoms with Gasteiger partial charge in [-0.2, -0.15) is 4.98 Å². The van der Waals surface area contributed by atoms with E-state index in [2.05, 4.69) is 25.9 Å². The number of benzene rings is 2. The van der Waals surface area contributed by atoms with Crippen LogP contribution in [-0.4, -0.2) is 23.0 Å². The highest BCUT2D eigenvalue weighted by Gasteiger charge is 2.04. The van der Waals surface area contributed by atoms with Crippen LogP contribution in [-0.2, 0) is 11.3 Å². The average molecular weight is 363 g/mol. The fourth-order valence-electron chi connectivity index (χ4n) is 2.52. The molecule has 3 aromatic rings. The SMILES string of the molecule is COc1ccccc1CNc1nccc(Nc2ccc(NC(C)=O)cc2)n1. The maximum atomic E-state index is 11.1. The summed E-state index contributed by atoms with van der Waals surface area (Å²) in [4.78, 5) is 19.8. The molecule has 0 radical (unpaired) electrons. The molecule has 0 spiro atoms. The number of aromatic nitrogens is 2. The van der Waals surface area contributed by atoms with E-state index in [1.54, 1.807) is 19.4 Å². The van der Waals surface area contributed by atoms with Crippen LogP contribution >= 0.6 is 0 Å².